The second-order valence-electron chi connectivity index (χ2n) is 6.42. The first-order chi connectivity index (χ1) is 15.3. The molecule has 0 unspecified atom stereocenters. The lowest BCUT2D eigenvalue weighted by Crippen LogP contribution is -2.30. The van der Waals surface area contributed by atoms with Crippen LogP contribution in [0.3, 0.4) is 0 Å². The largest absolute Gasteiger partial charge is 0.496 e. The van der Waals surface area contributed by atoms with E-state index in [1.54, 1.807) is 38.6 Å². The van der Waals surface area contributed by atoms with Crippen molar-refractivity contribution in [1.29, 1.82) is 5.41 Å². The molecule has 2 aromatic carbocycles. The van der Waals surface area contributed by atoms with Crippen molar-refractivity contribution in [1.82, 2.24) is 10.3 Å². The van der Waals surface area contributed by atoms with E-state index in [9.17, 15) is 4.39 Å². The fourth-order valence-electron chi connectivity index (χ4n) is 2.81. The zero-order valence-corrected chi connectivity index (χ0v) is 18.0. The van der Waals surface area contributed by atoms with Gasteiger partial charge in [-0.2, -0.15) is 0 Å². The first-order valence-electron chi connectivity index (χ1n) is 9.55. The second kappa shape index (κ2) is 11.9. The highest BCUT2D eigenvalue weighted by Crippen LogP contribution is 2.28. The lowest BCUT2D eigenvalue weighted by molar-refractivity contribution is -0.134. The molecule has 0 atom stereocenters. The van der Waals surface area contributed by atoms with E-state index in [1.807, 2.05) is 24.3 Å². The summed E-state index contributed by atoms with van der Waals surface area (Å²) >= 11 is 0. The van der Waals surface area contributed by atoms with Crippen LogP contribution in [0.25, 0.3) is 11.1 Å². The molecule has 3 aromatic rings. The van der Waals surface area contributed by atoms with Crippen molar-refractivity contribution in [3.05, 3.63) is 72.2 Å². The van der Waals surface area contributed by atoms with E-state index in [0.717, 1.165) is 23.6 Å². The third kappa shape index (κ3) is 6.98. The number of anilines is 1. The molecule has 0 saturated heterocycles. The summed E-state index contributed by atoms with van der Waals surface area (Å²) in [6.07, 6.45) is 1.63. The van der Waals surface area contributed by atoms with E-state index in [2.05, 4.69) is 15.6 Å². The van der Waals surface area contributed by atoms with E-state index < -0.39 is 5.97 Å². The van der Waals surface area contributed by atoms with Crippen molar-refractivity contribution in [3.63, 3.8) is 0 Å². The van der Waals surface area contributed by atoms with Crippen molar-refractivity contribution in [2.75, 3.05) is 19.5 Å². The minimum Gasteiger partial charge on any atom is -0.496 e. The van der Waals surface area contributed by atoms with Gasteiger partial charge in [0.1, 0.15) is 23.1 Å². The molecule has 0 fully saturated rings. The van der Waals surface area contributed by atoms with Crippen LogP contribution in [0.2, 0.25) is 0 Å². The molecule has 0 aliphatic carbocycles. The van der Waals surface area contributed by atoms with Gasteiger partial charge >= 0.3 is 0 Å². The number of benzene rings is 2. The number of carbonyl (C=O) groups is 1. The van der Waals surface area contributed by atoms with Gasteiger partial charge in [0.05, 0.1) is 26.3 Å². The number of guanidine groups is 1. The number of methoxy groups -OCH3 is 2. The number of nitrogens with zero attached hydrogens (tertiary/aromatic N) is 1. The molecule has 168 valence electrons. The van der Waals surface area contributed by atoms with Crippen molar-refractivity contribution >= 4 is 17.7 Å². The Bertz CT molecular complexity index is 1030. The molecule has 0 saturated carbocycles. The maximum atomic E-state index is 13.2. The molecule has 0 amide bonds. The molecule has 0 radical (unpaired) electrons. The molecule has 4 N–H and O–H groups in total. The fourth-order valence-corrected chi connectivity index (χ4v) is 2.81. The number of aromatic nitrogens is 1. The highest BCUT2D eigenvalue weighted by molar-refractivity contribution is 5.94. The van der Waals surface area contributed by atoms with Gasteiger partial charge in [0.2, 0.25) is 0 Å². The van der Waals surface area contributed by atoms with Gasteiger partial charge in [-0.25, -0.2) is 9.37 Å². The summed E-state index contributed by atoms with van der Waals surface area (Å²) < 4.78 is 23.9. The maximum Gasteiger partial charge on any atom is 0.300 e. The zero-order valence-electron chi connectivity index (χ0n) is 18.0. The van der Waals surface area contributed by atoms with Gasteiger partial charge in [0.15, 0.2) is 5.96 Å². The van der Waals surface area contributed by atoms with Gasteiger partial charge in [-0.15, -0.1) is 0 Å². The average Bonchev–Trinajstić information content (AvgIpc) is 2.78. The Morgan fingerprint density at radius 3 is 2.22 bits per heavy atom. The smallest absolute Gasteiger partial charge is 0.300 e. The SMILES string of the molecule is CC(=O)O.COc1cccc(OC)c1CNC(=N)Nc1ncccc1-c1ccc(F)cc1. The summed E-state index contributed by atoms with van der Waals surface area (Å²) in [6, 6.07) is 15.3. The zero-order chi connectivity index (χ0) is 23.5. The number of aliphatic carboxylic acids is 1. The number of hydrogen-bond acceptors (Lipinski definition) is 5. The van der Waals surface area contributed by atoms with Crippen LogP contribution in [-0.2, 0) is 11.3 Å². The maximum absolute atomic E-state index is 13.2. The molecule has 0 aliphatic rings. The van der Waals surface area contributed by atoms with Crippen molar-refractivity contribution in [3.8, 4) is 22.6 Å². The molecule has 8 nitrogen and oxygen atoms in total. The van der Waals surface area contributed by atoms with Gasteiger partial charge in [-0.1, -0.05) is 18.2 Å². The molecule has 32 heavy (non-hydrogen) atoms. The van der Waals surface area contributed by atoms with Crippen LogP contribution in [0.4, 0.5) is 10.2 Å². The van der Waals surface area contributed by atoms with Crippen LogP contribution in [0, 0.1) is 11.2 Å². The second-order valence-corrected chi connectivity index (χ2v) is 6.42. The quantitative estimate of drug-likeness (QED) is 0.336. The Kier molecular flexibility index (Phi) is 8.97. The van der Waals surface area contributed by atoms with E-state index in [-0.39, 0.29) is 11.8 Å². The topological polar surface area (TPSA) is 117 Å². The molecular weight excluding hydrogens is 415 g/mol. The van der Waals surface area contributed by atoms with Crippen LogP contribution in [-0.4, -0.2) is 36.2 Å². The van der Waals surface area contributed by atoms with Gasteiger partial charge in [0.25, 0.3) is 5.97 Å². The standard InChI is InChI=1S/C21H21FN4O2.C2H4O2/c1-27-18-6-3-7-19(28-2)17(18)13-25-21(23)26-20-16(5-4-12-24-20)14-8-10-15(22)11-9-14;1-2(3)4/h3-12H,13H2,1-2H3,(H3,23,24,25,26);1H3,(H,3,4). The van der Waals surface area contributed by atoms with Gasteiger partial charge < -0.3 is 25.2 Å². The first kappa shape index (κ1) is 24.1. The molecule has 0 aliphatic heterocycles. The Morgan fingerprint density at radius 1 is 1.06 bits per heavy atom. The third-order valence-electron chi connectivity index (χ3n) is 4.18. The van der Waals surface area contributed by atoms with Gasteiger partial charge in [0, 0.05) is 18.7 Å². The summed E-state index contributed by atoms with van der Waals surface area (Å²) in [5.41, 5.74) is 2.37. The fraction of sp³-hybridized carbons (Fsp3) is 0.174. The van der Waals surface area contributed by atoms with E-state index >= 15 is 0 Å². The minimum atomic E-state index is -0.833. The minimum absolute atomic E-state index is 0.0648. The summed E-state index contributed by atoms with van der Waals surface area (Å²) in [6.45, 7) is 1.41. The number of carboxylic acid groups (broad SMARTS) is 1. The van der Waals surface area contributed by atoms with Crippen LogP contribution in [0.5, 0.6) is 11.5 Å². The Labute approximate surface area is 185 Å². The average molecular weight is 440 g/mol. The van der Waals surface area contributed by atoms with E-state index in [1.165, 1.54) is 12.1 Å². The Balaban J connectivity index is 0.000000837. The van der Waals surface area contributed by atoms with E-state index in [0.29, 0.717) is 23.9 Å². The predicted molar refractivity (Wildman–Crippen MR) is 121 cm³/mol. The van der Waals surface area contributed by atoms with Crippen molar-refractivity contribution < 1.29 is 23.8 Å². The Hall–Kier alpha value is -4.14. The molecule has 1 aromatic heterocycles. The molecule has 3 rings (SSSR count). The number of ether oxygens (including phenoxy) is 2. The van der Waals surface area contributed by atoms with Crippen LogP contribution in [0.1, 0.15) is 12.5 Å². The number of carboxylic acids is 1. The highest BCUT2D eigenvalue weighted by Gasteiger charge is 2.12. The third-order valence-corrected chi connectivity index (χ3v) is 4.18. The normalized spacial score (nSPS) is 9.75. The van der Waals surface area contributed by atoms with Crippen LogP contribution >= 0.6 is 0 Å². The molecule has 0 bridgehead atoms. The summed E-state index contributed by atoms with van der Waals surface area (Å²) in [4.78, 5) is 13.3. The lowest BCUT2D eigenvalue weighted by atomic mass is 10.1. The summed E-state index contributed by atoms with van der Waals surface area (Å²) in [7, 11) is 3.18. The van der Waals surface area contributed by atoms with Crippen molar-refractivity contribution in [2.45, 2.75) is 13.5 Å². The number of nitrogens with one attached hydrogen (secondary N) is 3. The first-order valence-corrected chi connectivity index (χ1v) is 9.55. The van der Waals surface area contributed by atoms with Crippen molar-refractivity contribution in [2.24, 2.45) is 0 Å². The Morgan fingerprint density at radius 2 is 1.66 bits per heavy atom. The van der Waals surface area contributed by atoms with E-state index in [4.69, 9.17) is 24.8 Å². The predicted octanol–water partition coefficient (Wildman–Crippen LogP) is 4.13. The summed E-state index contributed by atoms with van der Waals surface area (Å²) in [5.74, 6) is 0.768. The van der Waals surface area contributed by atoms with Gasteiger partial charge in [-0.3, -0.25) is 10.2 Å². The van der Waals surface area contributed by atoms with Crippen LogP contribution in [0.15, 0.2) is 60.8 Å². The molecule has 9 heteroatoms. The summed E-state index contributed by atoms with van der Waals surface area (Å²) in [5, 5.41) is 21.6. The number of hydrogen-bond donors (Lipinski definition) is 4. The lowest BCUT2D eigenvalue weighted by Gasteiger charge is -2.16. The molecule has 1 heterocycles. The van der Waals surface area contributed by atoms with Crippen LogP contribution < -0.4 is 20.1 Å². The monoisotopic (exact) mass is 440 g/mol. The number of halogens is 1. The number of pyridine rings is 1. The number of rotatable bonds is 6. The van der Waals surface area contributed by atoms with Gasteiger partial charge in [-0.05, 0) is 42.0 Å². The highest BCUT2D eigenvalue weighted by atomic mass is 19.1. The molecular formula is C23H25FN4O4. The molecule has 0 spiro atoms.